The van der Waals surface area contributed by atoms with E-state index in [4.69, 9.17) is 10.8 Å². The number of nitrogen functional groups attached to an aromatic ring is 1. The molecule has 6 heteroatoms. The average Bonchev–Trinajstić information content (AvgIpc) is 2.56. The molecule has 0 radical (unpaired) electrons. The van der Waals surface area contributed by atoms with Crippen molar-refractivity contribution >= 4 is 22.7 Å². The molecule has 2 aromatic heterocycles. The van der Waals surface area contributed by atoms with E-state index < -0.39 is 5.97 Å². The van der Waals surface area contributed by atoms with Crippen LogP contribution in [0.5, 0.6) is 0 Å². The topological polar surface area (TPSA) is 94.0 Å². The Balaban J connectivity index is 2.86. The third-order valence-corrected chi connectivity index (χ3v) is 2.53. The van der Waals surface area contributed by atoms with Crippen LogP contribution in [0.15, 0.2) is 6.20 Å². The van der Waals surface area contributed by atoms with E-state index in [-0.39, 0.29) is 11.3 Å². The Hall–Kier alpha value is -2.11. The van der Waals surface area contributed by atoms with E-state index in [0.29, 0.717) is 17.5 Å². The van der Waals surface area contributed by atoms with Crippen LogP contribution in [0.2, 0.25) is 0 Å². The number of carboxylic acid groups (broad SMARTS) is 1. The van der Waals surface area contributed by atoms with Gasteiger partial charge in [0.2, 0.25) is 0 Å². The van der Waals surface area contributed by atoms with Gasteiger partial charge in [-0.3, -0.25) is 4.68 Å². The van der Waals surface area contributed by atoms with Crippen molar-refractivity contribution in [1.29, 1.82) is 0 Å². The zero-order valence-corrected chi connectivity index (χ0v) is 9.06. The number of rotatable bonds is 2. The van der Waals surface area contributed by atoms with Gasteiger partial charge in [-0.25, -0.2) is 9.78 Å². The summed E-state index contributed by atoms with van der Waals surface area (Å²) in [6, 6.07) is 0. The summed E-state index contributed by atoms with van der Waals surface area (Å²) in [4.78, 5) is 15.0. The van der Waals surface area contributed by atoms with Crippen LogP contribution in [0.4, 0.5) is 5.69 Å². The number of carbonyl (C=O) groups is 1. The number of pyridine rings is 1. The van der Waals surface area contributed by atoms with E-state index >= 15 is 0 Å². The van der Waals surface area contributed by atoms with E-state index in [1.165, 1.54) is 6.20 Å². The Bertz CT molecular complexity index is 574. The lowest BCUT2D eigenvalue weighted by molar-refractivity contribution is 0.0698. The molecule has 0 unspecified atom stereocenters. The third-order valence-electron chi connectivity index (χ3n) is 2.53. The fourth-order valence-electron chi connectivity index (χ4n) is 1.74. The summed E-state index contributed by atoms with van der Waals surface area (Å²) in [5, 5.41) is 13.8. The van der Waals surface area contributed by atoms with Crippen molar-refractivity contribution in [2.45, 2.75) is 13.3 Å². The zero-order valence-electron chi connectivity index (χ0n) is 9.06. The van der Waals surface area contributed by atoms with Crippen LogP contribution >= 0.6 is 0 Å². The Morgan fingerprint density at radius 3 is 2.88 bits per heavy atom. The van der Waals surface area contributed by atoms with Crippen LogP contribution in [-0.4, -0.2) is 25.8 Å². The standard InChI is InChI=1S/C10H12N4O2/c1-3-6-7-8(11)5(10(15)16)4-12-9(7)14(2)13-6/h4H,3H2,1-2H3,(H2,11,12)(H,15,16). The Kier molecular flexibility index (Phi) is 2.26. The third kappa shape index (κ3) is 1.30. The number of aromatic carboxylic acids is 1. The van der Waals surface area contributed by atoms with Gasteiger partial charge in [-0.05, 0) is 6.42 Å². The maximum Gasteiger partial charge on any atom is 0.339 e. The van der Waals surface area contributed by atoms with Crippen molar-refractivity contribution in [2.75, 3.05) is 5.73 Å². The van der Waals surface area contributed by atoms with Crippen LogP contribution in [-0.2, 0) is 13.5 Å². The van der Waals surface area contributed by atoms with Crippen molar-refractivity contribution < 1.29 is 9.90 Å². The second kappa shape index (κ2) is 3.48. The van der Waals surface area contributed by atoms with Gasteiger partial charge in [0.15, 0.2) is 5.65 Å². The average molecular weight is 220 g/mol. The van der Waals surface area contributed by atoms with Crippen LogP contribution < -0.4 is 5.73 Å². The molecular weight excluding hydrogens is 208 g/mol. The maximum absolute atomic E-state index is 10.9. The van der Waals surface area contributed by atoms with Gasteiger partial charge in [0, 0.05) is 13.2 Å². The molecule has 2 rings (SSSR count). The molecule has 0 saturated heterocycles. The molecule has 2 aromatic rings. The first-order chi connectivity index (χ1) is 7.56. The van der Waals surface area contributed by atoms with Gasteiger partial charge in [-0.2, -0.15) is 5.10 Å². The molecule has 0 amide bonds. The molecule has 0 spiro atoms. The van der Waals surface area contributed by atoms with Crippen molar-refractivity contribution in [3.63, 3.8) is 0 Å². The largest absolute Gasteiger partial charge is 0.478 e. The van der Waals surface area contributed by atoms with E-state index in [1.807, 2.05) is 6.92 Å². The minimum absolute atomic E-state index is 0.0233. The summed E-state index contributed by atoms with van der Waals surface area (Å²) in [5.74, 6) is -1.07. The van der Waals surface area contributed by atoms with E-state index in [9.17, 15) is 4.79 Å². The van der Waals surface area contributed by atoms with Crippen LogP contribution in [0, 0.1) is 0 Å². The second-order valence-electron chi connectivity index (χ2n) is 3.51. The molecular formula is C10H12N4O2. The number of aromatic nitrogens is 3. The van der Waals surface area contributed by atoms with Gasteiger partial charge in [-0.15, -0.1) is 0 Å². The van der Waals surface area contributed by atoms with Crippen LogP contribution in [0.3, 0.4) is 0 Å². The second-order valence-corrected chi connectivity index (χ2v) is 3.51. The number of aryl methyl sites for hydroxylation is 2. The van der Waals surface area contributed by atoms with Crippen molar-refractivity contribution in [1.82, 2.24) is 14.8 Å². The minimum Gasteiger partial charge on any atom is -0.478 e. The highest BCUT2D eigenvalue weighted by atomic mass is 16.4. The van der Waals surface area contributed by atoms with Gasteiger partial charge in [-0.1, -0.05) is 6.92 Å². The van der Waals surface area contributed by atoms with Gasteiger partial charge in [0.25, 0.3) is 0 Å². The number of nitrogens with two attached hydrogens (primary N) is 1. The summed E-state index contributed by atoms with van der Waals surface area (Å²) < 4.78 is 1.61. The highest BCUT2D eigenvalue weighted by Crippen LogP contribution is 2.26. The Morgan fingerprint density at radius 1 is 1.62 bits per heavy atom. The normalized spacial score (nSPS) is 10.9. The van der Waals surface area contributed by atoms with Crippen molar-refractivity contribution in [3.8, 4) is 0 Å². The summed E-state index contributed by atoms with van der Waals surface area (Å²) in [6.45, 7) is 1.94. The zero-order chi connectivity index (χ0) is 11.9. The first-order valence-electron chi connectivity index (χ1n) is 4.89. The number of anilines is 1. The maximum atomic E-state index is 10.9. The van der Waals surface area contributed by atoms with Crippen LogP contribution in [0.25, 0.3) is 11.0 Å². The smallest absolute Gasteiger partial charge is 0.339 e. The Morgan fingerprint density at radius 2 is 2.31 bits per heavy atom. The van der Waals surface area contributed by atoms with Gasteiger partial charge >= 0.3 is 5.97 Å². The number of hydrogen-bond acceptors (Lipinski definition) is 4. The molecule has 84 valence electrons. The molecule has 0 saturated carbocycles. The molecule has 0 fully saturated rings. The van der Waals surface area contributed by atoms with E-state index in [1.54, 1.807) is 11.7 Å². The molecule has 6 nitrogen and oxygen atoms in total. The van der Waals surface area contributed by atoms with E-state index in [2.05, 4.69) is 10.1 Å². The van der Waals surface area contributed by atoms with Gasteiger partial charge in [0.1, 0.15) is 5.56 Å². The van der Waals surface area contributed by atoms with Gasteiger partial charge < -0.3 is 10.8 Å². The lowest BCUT2D eigenvalue weighted by Gasteiger charge is -2.02. The molecule has 0 aliphatic carbocycles. The first kappa shape index (κ1) is 10.4. The molecule has 0 aliphatic heterocycles. The minimum atomic E-state index is -1.07. The molecule has 16 heavy (non-hydrogen) atoms. The molecule has 2 heterocycles. The number of fused-ring (bicyclic) bond motifs is 1. The quantitative estimate of drug-likeness (QED) is 0.781. The van der Waals surface area contributed by atoms with Crippen LogP contribution in [0.1, 0.15) is 23.0 Å². The van der Waals surface area contributed by atoms with Crippen molar-refractivity contribution in [3.05, 3.63) is 17.5 Å². The molecule has 3 N–H and O–H groups in total. The summed E-state index contributed by atoms with van der Waals surface area (Å²) in [6.07, 6.45) is 1.95. The molecule has 0 aromatic carbocycles. The highest BCUT2D eigenvalue weighted by molar-refractivity contribution is 6.03. The summed E-state index contributed by atoms with van der Waals surface area (Å²) in [7, 11) is 1.76. The lowest BCUT2D eigenvalue weighted by atomic mass is 10.1. The van der Waals surface area contributed by atoms with Crippen molar-refractivity contribution in [2.24, 2.45) is 7.05 Å². The highest BCUT2D eigenvalue weighted by Gasteiger charge is 2.17. The summed E-state index contributed by atoms with van der Waals surface area (Å²) in [5.41, 5.74) is 7.48. The molecule has 0 aliphatic rings. The Labute approximate surface area is 91.7 Å². The van der Waals surface area contributed by atoms with Gasteiger partial charge in [0.05, 0.1) is 16.8 Å². The number of nitrogens with zero attached hydrogens (tertiary/aromatic N) is 3. The predicted molar refractivity (Wildman–Crippen MR) is 59.3 cm³/mol. The molecule has 0 atom stereocenters. The number of hydrogen-bond donors (Lipinski definition) is 2. The fourth-order valence-corrected chi connectivity index (χ4v) is 1.74. The molecule has 0 bridgehead atoms. The number of carboxylic acids is 1. The first-order valence-corrected chi connectivity index (χ1v) is 4.89. The van der Waals surface area contributed by atoms with E-state index in [0.717, 1.165) is 5.69 Å². The lowest BCUT2D eigenvalue weighted by Crippen LogP contribution is -2.04. The monoisotopic (exact) mass is 220 g/mol. The summed E-state index contributed by atoms with van der Waals surface area (Å²) >= 11 is 0. The predicted octanol–water partition coefficient (Wildman–Crippen LogP) is 0.811. The fraction of sp³-hybridized carbons (Fsp3) is 0.300. The SMILES string of the molecule is CCc1nn(C)c2ncc(C(=O)O)c(N)c12.